The number of hydrogen-bond donors (Lipinski definition) is 1. The number of rotatable bonds is 1. The van der Waals surface area contributed by atoms with Crippen molar-refractivity contribution in [3.63, 3.8) is 0 Å². The van der Waals surface area contributed by atoms with Crippen molar-refractivity contribution < 1.29 is 0 Å². The average molecular weight is 287 g/mol. The summed E-state index contributed by atoms with van der Waals surface area (Å²) in [5.74, 6) is 0. The summed E-state index contributed by atoms with van der Waals surface area (Å²) in [7, 11) is 0. The molecule has 0 radical (unpaired) electrons. The van der Waals surface area contributed by atoms with Crippen LogP contribution in [0.5, 0.6) is 0 Å². The molecular formula is C12H13BrClN. The van der Waals surface area contributed by atoms with Crippen LogP contribution in [0.1, 0.15) is 18.5 Å². The number of nitrogens with two attached hydrogens (primary N) is 1. The smallest absolute Gasteiger partial charge is 0.0272 e. The van der Waals surface area contributed by atoms with Gasteiger partial charge in [-0.1, -0.05) is 40.2 Å². The van der Waals surface area contributed by atoms with Crippen molar-refractivity contribution >= 4 is 39.1 Å². The molecule has 0 aliphatic heterocycles. The first-order chi connectivity index (χ1) is 6.68. The summed E-state index contributed by atoms with van der Waals surface area (Å²) in [5.41, 5.74) is 7.12. The van der Waals surface area contributed by atoms with Crippen LogP contribution in [-0.4, -0.2) is 0 Å². The fraction of sp³-hybridized carbons (Fsp3) is 0.167. The highest BCUT2D eigenvalue weighted by atomic mass is 79.9. The van der Waals surface area contributed by atoms with Crippen LogP contribution in [0.25, 0.3) is 10.8 Å². The summed E-state index contributed by atoms with van der Waals surface area (Å²) in [6, 6.07) is 12.6. The summed E-state index contributed by atoms with van der Waals surface area (Å²) < 4.78 is 1.09. The third kappa shape index (κ3) is 2.51. The van der Waals surface area contributed by atoms with Crippen molar-refractivity contribution in [1.82, 2.24) is 0 Å². The van der Waals surface area contributed by atoms with E-state index in [1.165, 1.54) is 16.3 Å². The van der Waals surface area contributed by atoms with Gasteiger partial charge in [-0.05, 0) is 35.4 Å². The van der Waals surface area contributed by atoms with E-state index in [0.29, 0.717) is 0 Å². The Kier molecular flexibility index (Phi) is 4.14. The molecular weight excluding hydrogens is 273 g/mol. The van der Waals surface area contributed by atoms with Crippen molar-refractivity contribution in [2.24, 2.45) is 5.73 Å². The predicted octanol–water partition coefficient (Wildman–Crippen LogP) is 4.04. The Morgan fingerprint density at radius 3 is 2.53 bits per heavy atom. The van der Waals surface area contributed by atoms with Crippen LogP contribution < -0.4 is 5.73 Å². The highest BCUT2D eigenvalue weighted by molar-refractivity contribution is 9.10. The van der Waals surface area contributed by atoms with Crippen LogP contribution in [0.3, 0.4) is 0 Å². The minimum Gasteiger partial charge on any atom is -0.324 e. The van der Waals surface area contributed by atoms with Crippen molar-refractivity contribution in [3.8, 4) is 0 Å². The number of benzene rings is 2. The van der Waals surface area contributed by atoms with Crippen molar-refractivity contribution in [3.05, 3.63) is 46.4 Å². The second kappa shape index (κ2) is 4.97. The van der Waals surface area contributed by atoms with E-state index >= 15 is 0 Å². The lowest BCUT2D eigenvalue weighted by Gasteiger charge is -2.10. The van der Waals surface area contributed by atoms with Crippen molar-refractivity contribution in [2.75, 3.05) is 0 Å². The van der Waals surface area contributed by atoms with Gasteiger partial charge in [0.05, 0.1) is 0 Å². The third-order valence-corrected chi connectivity index (χ3v) is 2.81. The van der Waals surface area contributed by atoms with Gasteiger partial charge in [0.15, 0.2) is 0 Å². The molecule has 0 amide bonds. The molecule has 0 saturated carbocycles. The molecule has 1 nitrogen and oxygen atoms in total. The highest BCUT2D eigenvalue weighted by Gasteiger charge is 2.05. The minimum absolute atomic E-state index is 0. The lowest BCUT2D eigenvalue weighted by Crippen LogP contribution is -2.05. The lowest BCUT2D eigenvalue weighted by atomic mass is 10.0. The number of halogens is 2. The molecule has 3 heteroatoms. The summed E-state index contributed by atoms with van der Waals surface area (Å²) >= 11 is 3.50. The molecule has 0 heterocycles. The zero-order valence-corrected chi connectivity index (χ0v) is 10.8. The Bertz CT molecular complexity index is 468. The molecule has 0 saturated heterocycles. The lowest BCUT2D eigenvalue weighted by molar-refractivity contribution is 0.826. The first-order valence-corrected chi connectivity index (χ1v) is 5.41. The average Bonchev–Trinajstić information content (AvgIpc) is 2.16. The fourth-order valence-electron chi connectivity index (χ4n) is 1.68. The molecule has 2 aromatic carbocycles. The predicted molar refractivity (Wildman–Crippen MR) is 71.5 cm³/mol. The largest absolute Gasteiger partial charge is 0.324 e. The summed E-state index contributed by atoms with van der Waals surface area (Å²) in [5, 5.41) is 2.47. The highest BCUT2D eigenvalue weighted by Crippen LogP contribution is 2.27. The molecule has 2 rings (SSSR count). The van der Waals surface area contributed by atoms with Gasteiger partial charge in [0.1, 0.15) is 0 Å². The summed E-state index contributed by atoms with van der Waals surface area (Å²) in [4.78, 5) is 0. The van der Waals surface area contributed by atoms with Gasteiger partial charge >= 0.3 is 0 Å². The number of hydrogen-bond acceptors (Lipinski definition) is 1. The second-order valence-corrected chi connectivity index (χ2v) is 4.42. The maximum absolute atomic E-state index is 5.93. The van der Waals surface area contributed by atoms with Crippen LogP contribution >= 0.6 is 28.3 Å². The van der Waals surface area contributed by atoms with E-state index in [-0.39, 0.29) is 18.4 Å². The monoisotopic (exact) mass is 285 g/mol. The Hall–Kier alpha value is -0.570. The molecule has 15 heavy (non-hydrogen) atoms. The third-order valence-electron chi connectivity index (χ3n) is 2.35. The van der Waals surface area contributed by atoms with Crippen molar-refractivity contribution in [2.45, 2.75) is 13.0 Å². The molecule has 2 aromatic rings. The molecule has 1 atom stereocenters. The van der Waals surface area contributed by atoms with E-state index in [1.54, 1.807) is 0 Å². The Morgan fingerprint density at radius 2 is 1.87 bits per heavy atom. The van der Waals surface area contributed by atoms with E-state index in [4.69, 9.17) is 5.73 Å². The van der Waals surface area contributed by atoms with Crippen LogP contribution in [-0.2, 0) is 0 Å². The van der Waals surface area contributed by atoms with E-state index in [2.05, 4.69) is 40.2 Å². The molecule has 2 N–H and O–H groups in total. The van der Waals surface area contributed by atoms with Crippen molar-refractivity contribution in [1.29, 1.82) is 0 Å². The molecule has 0 bridgehead atoms. The fourth-order valence-corrected chi connectivity index (χ4v) is 2.17. The van der Waals surface area contributed by atoms with Crippen LogP contribution in [0, 0.1) is 0 Å². The molecule has 0 spiro atoms. The molecule has 0 aromatic heterocycles. The standard InChI is InChI=1S/C12H12BrN.ClH/c1-8(14)12-7-10(13)6-9-4-2-3-5-11(9)12;/h2-8H,14H2,1H3;1H/t8-;/m1./s1. The maximum Gasteiger partial charge on any atom is 0.0272 e. The van der Waals surface area contributed by atoms with Crippen LogP contribution in [0.15, 0.2) is 40.9 Å². The van der Waals surface area contributed by atoms with Gasteiger partial charge < -0.3 is 5.73 Å². The van der Waals surface area contributed by atoms with Gasteiger partial charge in [0, 0.05) is 10.5 Å². The minimum atomic E-state index is 0. The Balaban J connectivity index is 0.00000112. The zero-order valence-electron chi connectivity index (χ0n) is 8.41. The molecule has 0 aliphatic carbocycles. The van der Waals surface area contributed by atoms with E-state index in [9.17, 15) is 0 Å². The van der Waals surface area contributed by atoms with E-state index in [1.807, 2.05) is 19.1 Å². The van der Waals surface area contributed by atoms with E-state index in [0.717, 1.165) is 4.47 Å². The van der Waals surface area contributed by atoms with Gasteiger partial charge in [-0.3, -0.25) is 0 Å². The molecule has 0 aliphatic rings. The maximum atomic E-state index is 5.93. The SMILES string of the molecule is C[C@@H](N)c1cc(Br)cc2ccccc12.Cl. The first-order valence-electron chi connectivity index (χ1n) is 4.62. The first kappa shape index (κ1) is 12.5. The van der Waals surface area contributed by atoms with Crippen LogP contribution in [0.4, 0.5) is 0 Å². The van der Waals surface area contributed by atoms with Gasteiger partial charge in [-0.2, -0.15) is 0 Å². The van der Waals surface area contributed by atoms with Gasteiger partial charge in [0.2, 0.25) is 0 Å². The van der Waals surface area contributed by atoms with Crippen LogP contribution in [0.2, 0.25) is 0 Å². The normalized spacial score (nSPS) is 12.2. The molecule has 0 unspecified atom stereocenters. The molecule has 0 fully saturated rings. The summed E-state index contributed by atoms with van der Waals surface area (Å²) in [6.45, 7) is 2.01. The second-order valence-electron chi connectivity index (χ2n) is 3.50. The zero-order chi connectivity index (χ0) is 10.1. The number of fused-ring (bicyclic) bond motifs is 1. The molecule has 80 valence electrons. The van der Waals surface area contributed by atoms with E-state index < -0.39 is 0 Å². The Morgan fingerprint density at radius 1 is 1.20 bits per heavy atom. The Labute approximate surface area is 104 Å². The topological polar surface area (TPSA) is 26.0 Å². The quantitative estimate of drug-likeness (QED) is 0.841. The van der Waals surface area contributed by atoms with Gasteiger partial charge in [0.25, 0.3) is 0 Å². The summed E-state index contributed by atoms with van der Waals surface area (Å²) in [6.07, 6.45) is 0. The van der Waals surface area contributed by atoms with Gasteiger partial charge in [-0.25, -0.2) is 0 Å². The van der Waals surface area contributed by atoms with Gasteiger partial charge in [-0.15, -0.1) is 12.4 Å².